The molecule has 2 N–H and O–H groups in total. The Hall–Kier alpha value is -3.69. The highest BCUT2D eigenvalue weighted by Crippen LogP contribution is 2.45. The van der Waals surface area contributed by atoms with Crippen molar-refractivity contribution in [1.29, 1.82) is 10.5 Å². The molecule has 36 heavy (non-hydrogen) atoms. The minimum atomic E-state index is 0.116. The van der Waals surface area contributed by atoms with Gasteiger partial charge in [-0.05, 0) is 62.6 Å². The predicted octanol–water partition coefficient (Wildman–Crippen LogP) is 3.43. The fourth-order valence-corrected chi connectivity index (χ4v) is 5.06. The number of aromatic nitrogens is 2. The number of hydrogen-bond donors (Lipinski definition) is 2. The fraction of sp³-hybridized carbons (Fsp3) is 0.519. The molecule has 2 aliphatic carbocycles. The number of carbonyl (C=O) groups is 1. The van der Waals surface area contributed by atoms with E-state index in [1.54, 1.807) is 18.3 Å². The Morgan fingerprint density at radius 3 is 2.67 bits per heavy atom. The van der Waals surface area contributed by atoms with Gasteiger partial charge in [0.05, 0.1) is 23.0 Å². The van der Waals surface area contributed by atoms with Gasteiger partial charge in [-0.3, -0.25) is 4.79 Å². The Morgan fingerprint density at radius 2 is 1.97 bits per heavy atom. The van der Waals surface area contributed by atoms with Crippen LogP contribution in [0.2, 0.25) is 0 Å². The Kier molecular flexibility index (Phi) is 7.02. The van der Waals surface area contributed by atoms with Crippen LogP contribution in [0.15, 0.2) is 24.4 Å². The number of amides is 1. The third-order valence-corrected chi connectivity index (χ3v) is 7.27. The molecule has 0 bridgehead atoms. The van der Waals surface area contributed by atoms with Crippen molar-refractivity contribution >= 4 is 23.1 Å². The number of piperazine rings is 1. The van der Waals surface area contributed by atoms with Gasteiger partial charge in [0.1, 0.15) is 23.7 Å². The number of nitrogens with one attached hydrogen (secondary N) is 1. The number of anilines is 3. The highest BCUT2D eigenvalue weighted by atomic mass is 16.3. The molecule has 1 saturated heterocycles. The second kappa shape index (κ2) is 10.5. The van der Waals surface area contributed by atoms with E-state index in [1.807, 2.05) is 11.0 Å². The fourth-order valence-electron chi connectivity index (χ4n) is 5.06. The van der Waals surface area contributed by atoms with E-state index in [9.17, 15) is 15.3 Å². The number of aliphatic hydroxyl groups excluding tert-OH is 1. The highest BCUT2D eigenvalue weighted by Gasteiger charge is 2.41. The molecule has 9 nitrogen and oxygen atoms in total. The first-order valence-corrected chi connectivity index (χ1v) is 12.8. The van der Waals surface area contributed by atoms with Crippen LogP contribution >= 0.6 is 0 Å². The SMILES string of the molecule is N#Cc1cc(Nc2cc(C#N)c(N3CCN(C(=O)CCCCO)C(C4CC4)C3)nc2C2CC2)ccn1. The van der Waals surface area contributed by atoms with Crippen molar-refractivity contribution in [3.8, 4) is 12.1 Å². The number of aliphatic hydroxyl groups is 1. The molecule has 1 amide bonds. The van der Waals surface area contributed by atoms with Gasteiger partial charge in [0.15, 0.2) is 0 Å². The van der Waals surface area contributed by atoms with Crippen LogP contribution in [0.5, 0.6) is 0 Å². The Labute approximate surface area is 211 Å². The summed E-state index contributed by atoms with van der Waals surface area (Å²) in [5.74, 6) is 1.73. The van der Waals surface area contributed by atoms with E-state index in [4.69, 9.17) is 10.1 Å². The maximum atomic E-state index is 12.9. The third-order valence-electron chi connectivity index (χ3n) is 7.27. The summed E-state index contributed by atoms with van der Waals surface area (Å²) in [7, 11) is 0. The maximum Gasteiger partial charge on any atom is 0.222 e. The van der Waals surface area contributed by atoms with E-state index in [-0.39, 0.29) is 18.6 Å². The van der Waals surface area contributed by atoms with Crippen LogP contribution in [-0.2, 0) is 4.79 Å². The summed E-state index contributed by atoms with van der Waals surface area (Å²) in [5, 5.41) is 31.6. The lowest BCUT2D eigenvalue weighted by atomic mass is 10.0. The van der Waals surface area contributed by atoms with Gasteiger partial charge < -0.3 is 20.2 Å². The molecule has 2 aromatic rings. The molecule has 1 unspecified atom stereocenters. The molecule has 0 spiro atoms. The third kappa shape index (κ3) is 5.27. The number of rotatable bonds is 9. The standard InChI is InChI=1S/C27H31N7O2/c28-15-20-13-23(31-21-8-9-30-22(14-21)16-29)26(19-6-7-19)32-27(20)33-10-11-34(24(17-33)18-4-5-18)25(36)3-1-2-12-35/h8-9,13-14,18-19,24,35H,1-7,10-12,17H2,(H,30,31). The van der Waals surface area contributed by atoms with Crippen LogP contribution in [0.25, 0.3) is 0 Å². The summed E-state index contributed by atoms with van der Waals surface area (Å²) < 4.78 is 0. The van der Waals surface area contributed by atoms with Gasteiger partial charge in [-0.25, -0.2) is 9.97 Å². The number of unbranched alkanes of at least 4 members (excludes halogenated alkanes) is 1. The molecule has 186 valence electrons. The summed E-state index contributed by atoms with van der Waals surface area (Å²) in [4.78, 5) is 26.2. The van der Waals surface area contributed by atoms with Gasteiger partial charge in [0, 0.05) is 50.5 Å². The summed E-state index contributed by atoms with van der Waals surface area (Å²) in [6.07, 6.45) is 7.81. The molecular formula is C27H31N7O2. The van der Waals surface area contributed by atoms with Crippen LogP contribution in [0, 0.1) is 28.6 Å². The predicted molar refractivity (Wildman–Crippen MR) is 135 cm³/mol. The smallest absolute Gasteiger partial charge is 0.222 e. The minimum absolute atomic E-state index is 0.116. The molecule has 2 aromatic heterocycles. The summed E-state index contributed by atoms with van der Waals surface area (Å²) in [5.41, 5.74) is 3.32. The largest absolute Gasteiger partial charge is 0.396 e. The first kappa shape index (κ1) is 24.0. The summed E-state index contributed by atoms with van der Waals surface area (Å²) >= 11 is 0. The molecule has 1 atom stereocenters. The number of carbonyl (C=O) groups excluding carboxylic acids is 1. The van der Waals surface area contributed by atoms with Gasteiger partial charge in [-0.15, -0.1) is 0 Å². The highest BCUT2D eigenvalue weighted by molar-refractivity contribution is 5.77. The van der Waals surface area contributed by atoms with E-state index in [0.717, 1.165) is 42.8 Å². The van der Waals surface area contributed by atoms with Crippen molar-refractivity contribution < 1.29 is 9.90 Å². The summed E-state index contributed by atoms with van der Waals surface area (Å²) in [6.45, 7) is 2.07. The Bertz CT molecular complexity index is 1210. The lowest BCUT2D eigenvalue weighted by Gasteiger charge is -2.42. The molecule has 5 rings (SSSR count). The molecule has 2 saturated carbocycles. The van der Waals surface area contributed by atoms with Crippen LogP contribution in [0.3, 0.4) is 0 Å². The van der Waals surface area contributed by atoms with Gasteiger partial charge >= 0.3 is 0 Å². The van der Waals surface area contributed by atoms with Crippen LogP contribution in [-0.4, -0.2) is 58.2 Å². The van der Waals surface area contributed by atoms with E-state index in [1.165, 1.54) is 0 Å². The molecule has 1 aliphatic heterocycles. The van der Waals surface area contributed by atoms with E-state index in [0.29, 0.717) is 67.8 Å². The van der Waals surface area contributed by atoms with Gasteiger partial charge in [0.2, 0.25) is 5.91 Å². The number of pyridine rings is 2. The van der Waals surface area contributed by atoms with Crippen molar-refractivity contribution in [3.63, 3.8) is 0 Å². The number of nitriles is 2. The second-order valence-corrected chi connectivity index (χ2v) is 9.96. The number of nitrogens with zero attached hydrogens (tertiary/aromatic N) is 6. The first-order chi connectivity index (χ1) is 17.6. The second-order valence-electron chi connectivity index (χ2n) is 9.96. The van der Waals surface area contributed by atoms with Gasteiger partial charge in [-0.1, -0.05) is 0 Å². The van der Waals surface area contributed by atoms with Crippen molar-refractivity contribution in [3.05, 3.63) is 41.3 Å². The van der Waals surface area contributed by atoms with E-state index < -0.39 is 0 Å². The molecule has 9 heteroatoms. The molecule has 0 aromatic carbocycles. The van der Waals surface area contributed by atoms with E-state index >= 15 is 0 Å². The average Bonchev–Trinajstić information content (AvgIpc) is 3.82. The van der Waals surface area contributed by atoms with Crippen LogP contribution in [0.4, 0.5) is 17.2 Å². The van der Waals surface area contributed by atoms with Crippen molar-refractivity contribution in [2.75, 3.05) is 36.5 Å². The number of hydrogen-bond acceptors (Lipinski definition) is 8. The normalized spacial score (nSPS) is 19.5. The first-order valence-electron chi connectivity index (χ1n) is 12.8. The van der Waals surface area contributed by atoms with Gasteiger partial charge in [-0.2, -0.15) is 10.5 Å². The average molecular weight is 486 g/mol. The molecule has 0 radical (unpaired) electrons. The lowest BCUT2D eigenvalue weighted by Crippen LogP contribution is -2.56. The Balaban J connectivity index is 1.39. The Morgan fingerprint density at radius 1 is 1.14 bits per heavy atom. The zero-order chi connectivity index (χ0) is 25.1. The monoisotopic (exact) mass is 485 g/mol. The minimum Gasteiger partial charge on any atom is -0.396 e. The molecular weight excluding hydrogens is 454 g/mol. The van der Waals surface area contributed by atoms with Crippen molar-refractivity contribution in [1.82, 2.24) is 14.9 Å². The maximum absolute atomic E-state index is 12.9. The van der Waals surface area contributed by atoms with E-state index in [2.05, 4.69) is 27.3 Å². The van der Waals surface area contributed by atoms with Crippen molar-refractivity contribution in [2.24, 2.45) is 5.92 Å². The quantitative estimate of drug-likeness (QED) is 0.517. The topological polar surface area (TPSA) is 129 Å². The zero-order valence-corrected chi connectivity index (χ0v) is 20.4. The zero-order valence-electron chi connectivity index (χ0n) is 20.4. The van der Waals surface area contributed by atoms with Crippen molar-refractivity contribution in [2.45, 2.75) is 56.9 Å². The van der Waals surface area contributed by atoms with Crippen LogP contribution < -0.4 is 10.2 Å². The van der Waals surface area contributed by atoms with Gasteiger partial charge in [0.25, 0.3) is 0 Å². The summed E-state index contributed by atoms with van der Waals surface area (Å²) in [6, 6.07) is 9.90. The molecule has 3 aliphatic rings. The molecule has 3 fully saturated rings. The molecule has 3 heterocycles. The van der Waals surface area contributed by atoms with Crippen LogP contribution in [0.1, 0.15) is 67.8 Å². The lowest BCUT2D eigenvalue weighted by molar-refractivity contribution is -0.134.